The number of carbonyl (C=O) groups excluding carboxylic acids is 1. The number of carbonyl (C=O) groups is 1. The van der Waals surface area contributed by atoms with Gasteiger partial charge in [-0.3, -0.25) is 9.69 Å². The van der Waals surface area contributed by atoms with Crippen molar-refractivity contribution in [3.8, 4) is 0 Å². The van der Waals surface area contributed by atoms with E-state index < -0.39 is 0 Å². The molecule has 1 aliphatic heterocycles. The fraction of sp³-hybridized carbons (Fsp3) is 0.368. The smallest absolute Gasteiger partial charge is 0.233 e. The van der Waals surface area contributed by atoms with E-state index in [0.717, 1.165) is 31.1 Å². The highest BCUT2D eigenvalue weighted by atomic mass is 32.2. The van der Waals surface area contributed by atoms with Gasteiger partial charge in [0.15, 0.2) is 0 Å². The Morgan fingerprint density at radius 1 is 1.29 bits per heavy atom. The number of rotatable bonds is 6. The van der Waals surface area contributed by atoms with E-state index in [-0.39, 0.29) is 17.2 Å². The second-order valence-electron chi connectivity index (χ2n) is 6.14. The van der Waals surface area contributed by atoms with Gasteiger partial charge in [0.2, 0.25) is 5.91 Å². The van der Waals surface area contributed by atoms with Crippen LogP contribution in [0.3, 0.4) is 0 Å². The zero-order chi connectivity index (χ0) is 16.8. The largest absolute Gasteiger partial charge is 0.351 e. The van der Waals surface area contributed by atoms with Crippen LogP contribution in [0.15, 0.2) is 59.8 Å². The Labute approximate surface area is 147 Å². The van der Waals surface area contributed by atoms with Crippen molar-refractivity contribution >= 4 is 17.7 Å². The summed E-state index contributed by atoms with van der Waals surface area (Å²) < 4.78 is 0. The minimum absolute atomic E-state index is 0.0946. The summed E-state index contributed by atoms with van der Waals surface area (Å²) in [6, 6.07) is 16.5. The van der Waals surface area contributed by atoms with Crippen molar-refractivity contribution < 1.29 is 4.79 Å². The van der Waals surface area contributed by atoms with Crippen molar-refractivity contribution in [3.63, 3.8) is 0 Å². The van der Waals surface area contributed by atoms with Crippen LogP contribution in [-0.4, -0.2) is 40.2 Å². The van der Waals surface area contributed by atoms with Crippen LogP contribution in [0.2, 0.25) is 0 Å². The van der Waals surface area contributed by atoms with Gasteiger partial charge in [-0.25, -0.2) is 4.98 Å². The first-order valence-electron chi connectivity index (χ1n) is 8.35. The van der Waals surface area contributed by atoms with Crippen molar-refractivity contribution in [3.05, 3.63) is 60.3 Å². The number of nitrogens with zero attached hydrogens (tertiary/aromatic N) is 2. The molecule has 1 amide bonds. The van der Waals surface area contributed by atoms with Gasteiger partial charge in [-0.05, 0) is 31.0 Å². The fourth-order valence-electron chi connectivity index (χ4n) is 2.91. The van der Waals surface area contributed by atoms with Crippen LogP contribution < -0.4 is 5.32 Å². The summed E-state index contributed by atoms with van der Waals surface area (Å²) >= 11 is 1.50. The minimum atomic E-state index is -0.136. The lowest BCUT2D eigenvalue weighted by Gasteiger charge is -2.18. The van der Waals surface area contributed by atoms with Crippen molar-refractivity contribution in [1.29, 1.82) is 0 Å². The molecule has 1 fully saturated rings. The van der Waals surface area contributed by atoms with E-state index in [4.69, 9.17) is 0 Å². The molecule has 2 aromatic rings. The summed E-state index contributed by atoms with van der Waals surface area (Å²) in [6.45, 7) is 4.83. The zero-order valence-corrected chi connectivity index (χ0v) is 14.7. The van der Waals surface area contributed by atoms with Gasteiger partial charge in [-0.15, -0.1) is 0 Å². The van der Waals surface area contributed by atoms with Crippen LogP contribution in [-0.2, 0) is 11.3 Å². The number of nitrogens with one attached hydrogen (secondary N) is 1. The van der Waals surface area contributed by atoms with Crippen LogP contribution in [0.25, 0.3) is 0 Å². The van der Waals surface area contributed by atoms with Crippen molar-refractivity contribution in [1.82, 2.24) is 15.2 Å². The monoisotopic (exact) mass is 341 g/mol. The molecule has 0 spiro atoms. The molecule has 0 saturated carbocycles. The molecule has 2 heterocycles. The highest BCUT2D eigenvalue weighted by Crippen LogP contribution is 2.21. The third-order valence-corrected chi connectivity index (χ3v) is 5.22. The van der Waals surface area contributed by atoms with Crippen molar-refractivity contribution in [2.24, 2.45) is 0 Å². The topological polar surface area (TPSA) is 45.2 Å². The number of hydrogen-bond acceptors (Lipinski definition) is 4. The van der Waals surface area contributed by atoms with E-state index in [1.54, 1.807) is 6.20 Å². The molecule has 126 valence electrons. The summed E-state index contributed by atoms with van der Waals surface area (Å²) in [5, 5.41) is 3.94. The van der Waals surface area contributed by atoms with Crippen LogP contribution >= 0.6 is 11.8 Å². The molecule has 1 aromatic carbocycles. The predicted molar refractivity (Wildman–Crippen MR) is 97.8 cm³/mol. The second kappa shape index (κ2) is 8.31. The zero-order valence-electron chi connectivity index (χ0n) is 13.9. The van der Waals surface area contributed by atoms with E-state index >= 15 is 0 Å². The molecule has 0 aliphatic carbocycles. The van der Waals surface area contributed by atoms with Crippen LogP contribution in [0, 0.1) is 0 Å². The molecule has 0 radical (unpaired) electrons. The summed E-state index contributed by atoms with van der Waals surface area (Å²) in [6.07, 6.45) is 2.77. The average Bonchev–Trinajstić information content (AvgIpc) is 3.03. The summed E-state index contributed by atoms with van der Waals surface area (Å²) in [5.41, 5.74) is 1.32. The molecule has 1 N–H and O–H groups in total. The first-order valence-corrected chi connectivity index (χ1v) is 9.23. The molecular weight excluding hydrogens is 318 g/mol. The molecule has 3 rings (SSSR count). The van der Waals surface area contributed by atoms with Crippen molar-refractivity contribution in [2.75, 3.05) is 13.1 Å². The van der Waals surface area contributed by atoms with Crippen molar-refractivity contribution in [2.45, 2.75) is 36.2 Å². The number of aromatic nitrogens is 1. The maximum atomic E-state index is 12.4. The van der Waals surface area contributed by atoms with Gasteiger partial charge >= 0.3 is 0 Å². The van der Waals surface area contributed by atoms with E-state index in [1.807, 2.05) is 31.2 Å². The SMILES string of the molecule is CC(Sc1ccccn1)C(=O)NC1CCN(Cc2ccccc2)C1. The van der Waals surface area contributed by atoms with Gasteiger partial charge in [0.25, 0.3) is 0 Å². The van der Waals surface area contributed by atoms with Gasteiger partial charge in [0.1, 0.15) is 0 Å². The third kappa shape index (κ3) is 4.82. The van der Waals surface area contributed by atoms with Gasteiger partial charge in [-0.2, -0.15) is 0 Å². The lowest BCUT2D eigenvalue weighted by Crippen LogP contribution is -2.40. The summed E-state index contributed by atoms with van der Waals surface area (Å²) in [7, 11) is 0. The summed E-state index contributed by atoms with van der Waals surface area (Å²) in [4.78, 5) is 19.1. The standard InChI is InChI=1S/C19H23N3OS/c1-15(24-18-9-5-6-11-20-18)19(23)21-17-10-12-22(14-17)13-16-7-3-2-4-8-16/h2-9,11,15,17H,10,12-14H2,1H3,(H,21,23). The lowest BCUT2D eigenvalue weighted by atomic mass is 10.2. The van der Waals surface area contributed by atoms with Gasteiger partial charge in [-0.1, -0.05) is 48.2 Å². The van der Waals surface area contributed by atoms with E-state index in [9.17, 15) is 4.79 Å². The first-order chi connectivity index (χ1) is 11.7. The Balaban J connectivity index is 1.45. The summed E-state index contributed by atoms with van der Waals surface area (Å²) in [5.74, 6) is 0.0946. The molecule has 2 atom stereocenters. The van der Waals surface area contributed by atoms with E-state index in [0.29, 0.717) is 0 Å². The Hall–Kier alpha value is -1.85. The molecule has 1 saturated heterocycles. The minimum Gasteiger partial charge on any atom is -0.351 e. The van der Waals surface area contributed by atoms with Gasteiger partial charge < -0.3 is 5.32 Å². The number of thioether (sulfide) groups is 1. The van der Waals surface area contributed by atoms with E-state index in [2.05, 4.69) is 39.5 Å². The Morgan fingerprint density at radius 3 is 2.83 bits per heavy atom. The van der Waals surface area contributed by atoms with Gasteiger partial charge in [0.05, 0.1) is 10.3 Å². The van der Waals surface area contributed by atoms with Gasteiger partial charge in [0, 0.05) is 31.9 Å². The quantitative estimate of drug-likeness (QED) is 0.821. The highest BCUT2D eigenvalue weighted by Gasteiger charge is 2.25. The number of pyridine rings is 1. The predicted octanol–water partition coefficient (Wildman–Crippen LogP) is 2.95. The Kier molecular flexibility index (Phi) is 5.88. The first kappa shape index (κ1) is 17.0. The van der Waals surface area contributed by atoms with Crippen LogP contribution in [0.5, 0.6) is 0 Å². The molecule has 0 bridgehead atoms. The number of benzene rings is 1. The number of hydrogen-bond donors (Lipinski definition) is 1. The second-order valence-corrected chi connectivity index (χ2v) is 7.50. The van der Waals surface area contributed by atoms with E-state index in [1.165, 1.54) is 17.3 Å². The molecule has 5 heteroatoms. The molecular formula is C19H23N3OS. The third-order valence-electron chi connectivity index (χ3n) is 4.17. The normalized spacial score (nSPS) is 19.1. The number of amides is 1. The Bertz CT molecular complexity index is 650. The molecule has 24 heavy (non-hydrogen) atoms. The molecule has 1 aromatic heterocycles. The average molecular weight is 341 g/mol. The molecule has 1 aliphatic rings. The Morgan fingerprint density at radius 2 is 2.08 bits per heavy atom. The van der Waals surface area contributed by atoms with Crippen LogP contribution in [0.4, 0.5) is 0 Å². The highest BCUT2D eigenvalue weighted by molar-refractivity contribution is 8.00. The maximum Gasteiger partial charge on any atom is 0.233 e. The van der Waals surface area contributed by atoms with Crippen LogP contribution in [0.1, 0.15) is 18.9 Å². The maximum absolute atomic E-state index is 12.4. The lowest BCUT2D eigenvalue weighted by molar-refractivity contribution is -0.120. The molecule has 2 unspecified atom stereocenters. The fourth-order valence-corrected chi connectivity index (χ4v) is 3.72. The molecule has 4 nitrogen and oxygen atoms in total. The number of likely N-dealkylation sites (tertiary alicyclic amines) is 1.